The standard InChI is InChI=1S/C11H14BrN3O4S/c1-8(16)14-15-11(17)6-7-13-20(18,19)10-4-2-9(12)3-5-10/h2-5,13H,6-7H2,1H3,(H,14,16)(H,15,17). The van der Waals surface area contributed by atoms with Crippen LogP contribution in [0.4, 0.5) is 0 Å². The molecule has 0 bridgehead atoms. The third-order valence-electron chi connectivity index (χ3n) is 2.15. The minimum atomic E-state index is -3.64. The van der Waals surface area contributed by atoms with Crippen molar-refractivity contribution in [1.29, 1.82) is 0 Å². The van der Waals surface area contributed by atoms with Crippen LogP contribution in [0.1, 0.15) is 13.3 Å². The van der Waals surface area contributed by atoms with E-state index in [1.807, 2.05) is 0 Å². The quantitative estimate of drug-likeness (QED) is 0.653. The first-order valence-corrected chi connectivity index (χ1v) is 7.89. The van der Waals surface area contributed by atoms with Crippen molar-refractivity contribution in [2.24, 2.45) is 0 Å². The van der Waals surface area contributed by atoms with Gasteiger partial charge < -0.3 is 0 Å². The van der Waals surface area contributed by atoms with Crippen molar-refractivity contribution < 1.29 is 18.0 Å². The molecule has 0 heterocycles. The number of halogens is 1. The lowest BCUT2D eigenvalue weighted by atomic mass is 10.4. The molecule has 0 saturated carbocycles. The van der Waals surface area contributed by atoms with Crippen LogP contribution in [0.5, 0.6) is 0 Å². The minimum absolute atomic E-state index is 0.0657. The largest absolute Gasteiger partial charge is 0.274 e. The fraction of sp³-hybridized carbons (Fsp3) is 0.273. The van der Waals surface area contributed by atoms with Crippen LogP contribution in [-0.2, 0) is 19.6 Å². The van der Waals surface area contributed by atoms with Crippen molar-refractivity contribution in [3.05, 3.63) is 28.7 Å². The maximum atomic E-state index is 11.9. The maximum absolute atomic E-state index is 11.9. The van der Waals surface area contributed by atoms with Gasteiger partial charge in [-0.1, -0.05) is 15.9 Å². The van der Waals surface area contributed by atoms with Gasteiger partial charge in [0.15, 0.2) is 0 Å². The van der Waals surface area contributed by atoms with Crippen molar-refractivity contribution >= 4 is 37.8 Å². The first-order valence-electron chi connectivity index (χ1n) is 5.62. The highest BCUT2D eigenvalue weighted by Gasteiger charge is 2.13. The van der Waals surface area contributed by atoms with Gasteiger partial charge in [0.05, 0.1) is 4.90 Å². The lowest BCUT2D eigenvalue weighted by molar-refractivity contribution is -0.127. The van der Waals surface area contributed by atoms with E-state index in [1.54, 1.807) is 12.1 Å². The second-order valence-corrected chi connectivity index (χ2v) is 6.51. The van der Waals surface area contributed by atoms with Crippen LogP contribution in [0.2, 0.25) is 0 Å². The molecule has 1 rings (SSSR count). The van der Waals surface area contributed by atoms with Gasteiger partial charge in [-0.2, -0.15) is 0 Å². The van der Waals surface area contributed by atoms with Gasteiger partial charge >= 0.3 is 0 Å². The van der Waals surface area contributed by atoms with Gasteiger partial charge in [0.2, 0.25) is 21.8 Å². The first-order chi connectivity index (χ1) is 9.31. The molecule has 0 saturated heterocycles. The van der Waals surface area contributed by atoms with Gasteiger partial charge in [-0.15, -0.1) is 0 Å². The zero-order valence-electron chi connectivity index (χ0n) is 10.6. The molecule has 0 unspecified atom stereocenters. The van der Waals surface area contributed by atoms with Crippen molar-refractivity contribution in [2.75, 3.05) is 6.54 Å². The normalized spacial score (nSPS) is 10.9. The first kappa shape index (κ1) is 16.6. The molecule has 7 nitrogen and oxygen atoms in total. The number of hydrogen-bond acceptors (Lipinski definition) is 4. The van der Waals surface area contributed by atoms with Crippen LogP contribution in [0.3, 0.4) is 0 Å². The molecule has 0 radical (unpaired) electrons. The maximum Gasteiger partial charge on any atom is 0.240 e. The Morgan fingerprint density at radius 2 is 1.75 bits per heavy atom. The molecule has 3 N–H and O–H groups in total. The number of hydrazine groups is 1. The van der Waals surface area contributed by atoms with Crippen LogP contribution in [-0.4, -0.2) is 26.8 Å². The minimum Gasteiger partial charge on any atom is -0.274 e. The Hall–Kier alpha value is -1.45. The van der Waals surface area contributed by atoms with E-state index in [4.69, 9.17) is 0 Å². The topological polar surface area (TPSA) is 104 Å². The van der Waals surface area contributed by atoms with Crippen molar-refractivity contribution in [3.63, 3.8) is 0 Å². The van der Waals surface area contributed by atoms with Gasteiger partial charge in [0, 0.05) is 24.4 Å². The number of amides is 2. The van der Waals surface area contributed by atoms with Crippen molar-refractivity contribution in [3.8, 4) is 0 Å². The van der Waals surface area contributed by atoms with Gasteiger partial charge in [0.25, 0.3) is 0 Å². The smallest absolute Gasteiger partial charge is 0.240 e. The summed E-state index contributed by atoms with van der Waals surface area (Å²) in [6, 6.07) is 6.11. The molecular formula is C11H14BrN3O4S. The van der Waals surface area contributed by atoms with Crippen LogP contribution in [0, 0.1) is 0 Å². The number of benzene rings is 1. The number of sulfonamides is 1. The summed E-state index contributed by atoms with van der Waals surface area (Å²) in [6.07, 6.45) is -0.0873. The molecule has 1 aromatic carbocycles. The zero-order chi connectivity index (χ0) is 15.2. The molecule has 1 aromatic rings. The van der Waals surface area contributed by atoms with Gasteiger partial charge in [-0.05, 0) is 24.3 Å². The third kappa shape index (κ3) is 5.68. The number of rotatable bonds is 5. The summed E-state index contributed by atoms with van der Waals surface area (Å²) in [6.45, 7) is 1.18. The lowest BCUT2D eigenvalue weighted by Gasteiger charge is -2.07. The van der Waals surface area contributed by atoms with E-state index in [-0.39, 0.29) is 17.9 Å². The predicted molar refractivity (Wildman–Crippen MR) is 75.9 cm³/mol. The molecule has 0 fully saturated rings. The zero-order valence-corrected chi connectivity index (χ0v) is 13.0. The van der Waals surface area contributed by atoms with E-state index in [0.717, 1.165) is 4.47 Å². The highest BCUT2D eigenvalue weighted by atomic mass is 79.9. The van der Waals surface area contributed by atoms with Crippen LogP contribution in [0.15, 0.2) is 33.6 Å². The second-order valence-electron chi connectivity index (χ2n) is 3.83. The van der Waals surface area contributed by atoms with Crippen molar-refractivity contribution in [1.82, 2.24) is 15.6 Å². The Kier molecular flexibility index (Phi) is 6.11. The molecule has 9 heteroatoms. The summed E-state index contributed by atoms with van der Waals surface area (Å²) in [5.74, 6) is -0.896. The second kappa shape index (κ2) is 7.36. The summed E-state index contributed by atoms with van der Waals surface area (Å²) in [5.41, 5.74) is 4.25. The summed E-state index contributed by atoms with van der Waals surface area (Å²) < 4.78 is 26.8. The average molecular weight is 364 g/mol. The predicted octanol–water partition coefficient (Wildman–Crippen LogP) is 0.285. The Bertz CT molecular complexity index is 586. The Balaban J connectivity index is 2.46. The van der Waals surface area contributed by atoms with Gasteiger partial charge in [-0.25, -0.2) is 13.1 Å². The molecule has 2 amide bonds. The summed E-state index contributed by atoms with van der Waals surface area (Å²) in [4.78, 5) is 21.9. The Labute approximate surface area is 125 Å². The Morgan fingerprint density at radius 3 is 2.30 bits per heavy atom. The highest BCUT2D eigenvalue weighted by Crippen LogP contribution is 2.14. The van der Waals surface area contributed by atoms with E-state index in [2.05, 4.69) is 31.5 Å². The van der Waals surface area contributed by atoms with E-state index >= 15 is 0 Å². The van der Waals surface area contributed by atoms with E-state index in [1.165, 1.54) is 19.1 Å². The number of carbonyl (C=O) groups is 2. The SMILES string of the molecule is CC(=O)NNC(=O)CCNS(=O)(=O)c1ccc(Br)cc1. The number of carbonyl (C=O) groups excluding carboxylic acids is 2. The average Bonchev–Trinajstić information content (AvgIpc) is 2.36. The fourth-order valence-corrected chi connectivity index (χ4v) is 2.51. The molecular weight excluding hydrogens is 350 g/mol. The summed E-state index contributed by atoms with van der Waals surface area (Å²) >= 11 is 3.21. The molecule has 20 heavy (non-hydrogen) atoms. The highest BCUT2D eigenvalue weighted by molar-refractivity contribution is 9.10. The summed E-state index contributed by atoms with van der Waals surface area (Å²) in [5, 5.41) is 0. The van der Waals surface area contributed by atoms with E-state index in [9.17, 15) is 18.0 Å². The Morgan fingerprint density at radius 1 is 1.15 bits per heavy atom. The lowest BCUT2D eigenvalue weighted by Crippen LogP contribution is -2.41. The van der Waals surface area contributed by atoms with Gasteiger partial charge in [0.1, 0.15) is 0 Å². The molecule has 110 valence electrons. The number of hydrogen-bond donors (Lipinski definition) is 3. The molecule has 0 aliphatic heterocycles. The van der Waals surface area contributed by atoms with Crippen LogP contribution >= 0.6 is 15.9 Å². The van der Waals surface area contributed by atoms with E-state index < -0.39 is 21.8 Å². The third-order valence-corrected chi connectivity index (χ3v) is 4.15. The molecule has 0 spiro atoms. The molecule has 0 aliphatic carbocycles. The summed E-state index contributed by atoms with van der Waals surface area (Å²) in [7, 11) is -3.64. The fourth-order valence-electron chi connectivity index (χ4n) is 1.22. The van der Waals surface area contributed by atoms with E-state index in [0.29, 0.717) is 0 Å². The van der Waals surface area contributed by atoms with Crippen molar-refractivity contribution in [2.45, 2.75) is 18.2 Å². The molecule has 0 aromatic heterocycles. The van der Waals surface area contributed by atoms with Crippen LogP contribution < -0.4 is 15.6 Å². The number of nitrogens with one attached hydrogen (secondary N) is 3. The monoisotopic (exact) mass is 363 g/mol. The molecule has 0 atom stereocenters. The van der Waals surface area contributed by atoms with Crippen LogP contribution in [0.25, 0.3) is 0 Å². The molecule has 0 aliphatic rings. The van der Waals surface area contributed by atoms with Gasteiger partial charge in [-0.3, -0.25) is 20.4 Å².